The van der Waals surface area contributed by atoms with E-state index in [0.717, 1.165) is 12.2 Å². The molecule has 98 valence electrons. The molecule has 1 saturated heterocycles. The molecule has 18 heavy (non-hydrogen) atoms. The lowest BCUT2D eigenvalue weighted by Crippen LogP contribution is -2.29. The van der Waals surface area contributed by atoms with Crippen molar-refractivity contribution < 1.29 is 0 Å². The monoisotopic (exact) mass is 244 g/mol. The summed E-state index contributed by atoms with van der Waals surface area (Å²) < 4.78 is 0. The smallest absolute Gasteiger partial charge is 0.0317 e. The second-order valence-corrected chi connectivity index (χ2v) is 6.27. The van der Waals surface area contributed by atoms with E-state index < -0.39 is 0 Å². The minimum absolute atomic E-state index is 0.665. The molecule has 0 atom stereocenters. The lowest BCUT2D eigenvalue weighted by Gasteiger charge is -2.33. The van der Waals surface area contributed by atoms with E-state index in [9.17, 15) is 0 Å². The van der Waals surface area contributed by atoms with Gasteiger partial charge in [-0.05, 0) is 48.9 Å². The van der Waals surface area contributed by atoms with E-state index in [1.54, 1.807) is 0 Å². The average molecular weight is 244 g/mol. The molecule has 1 spiro atoms. The normalized spacial score (nSPS) is 23.6. The van der Waals surface area contributed by atoms with Crippen LogP contribution in [0.3, 0.4) is 0 Å². The molecular weight excluding hydrogens is 220 g/mol. The molecule has 2 nitrogen and oxygen atoms in total. The highest BCUT2D eigenvalue weighted by Crippen LogP contribution is 2.43. The second-order valence-electron chi connectivity index (χ2n) is 6.27. The maximum atomic E-state index is 5.85. The van der Waals surface area contributed by atoms with Gasteiger partial charge in [0.15, 0.2) is 0 Å². The predicted molar refractivity (Wildman–Crippen MR) is 76.3 cm³/mol. The van der Waals surface area contributed by atoms with Crippen LogP contribution in [0.1, 0.15) is 44.1 Å². The van der Waals surface area contributed by atoms with Crippen LogP contribution in [0.4, 0.5) is 5.69 Å². The standard InChI is InChI=1S/C16H24N2/c17-15-6-4-5-14(11-15)12-18-10-9-16(13-18)7-2-1-3-8-16/h4-6,11H,1-3,7-10,12-13,17H2. The molecule has 2 aliphatic rings. The van der Waals surface area contributed by atoms with E-state index in [1.165, 1.54) is 57.2 Å². The molecule has 0 radical (unpaired) electrons. The summed E-state index contributed by atoms with van der Waals surface area (Å²) >= 11 is 0. The zero-order valence-corrected chi connectivity index (χ0v) is 11.2. The van der Waals surface area contributed by atoms with Gasteiger partial charge in [0, 0.05) is 18.8 Å². The summed E-state index contributed by atoms with van der Waals surface area (Å²) in [7, 11) is 0. The number of anilines is 1. The Morgan fingerprint density at radius 2 is 1.94 bits per heavy atom. The van der Waals surface area contributed by atoms with Gasteiger partial charge in [0.05, 0.1) is 0 Å². The van der Waals surface area contributed by atoms with Crippen molar-refractivity contribution in [3.63, 3.8) is 0 Å². The van der Waals surface area contributed by atoms with Crippen molar-refractivity contribution in [3.8, 4) is 0 Å². The van der Waals surface area contributed by atoms with Gasteiger partial charge in [0.2, 0.25) is 0 Å². The van der Waals surface area contributed by atoms with Gasteiger partial charge in [-0.2, -0.15) is 0 Å². The first-order valence-corrected chi connectivity index (χ1v) is 7.33. The van der Waals surface area contributed by atoms with Crippen molar-refractivity contribution in [1.82, 2.24) is 4.90 Å². The molecule has 2 N–H and O–H groups in total. The molecule has 0 unspecified atom stereocenters. The van der Waals surface area contributed by atoms with Gasteiger partial charge in [-0.1, -0.05) is 31.4 Å². The van der Waals surface area contributed by atoms with Gasteiger partial charge >= 0.3 is 0 Å². The fourth-order valence-corrected chi connectivity index (χ4v) is 3.82. The van der Waals surface area contributed by atoms with Crippen molar-refractivity contribution in [2.24, 2.45) is 5.41 Å². The maximum Gasteiger partial charge on any atom is 0.0317 e. The molecule has 0 aromatic heterocycles. The summed E-state index contributed by atoms with van der Waals surface area (Å²) in [5.41, 5.74) is 8.77. The van der Waals surface area contributed by atoms with Crippen LogP contribution in [-0.2, 0) is 6.54 Å². The third kappa shape index (κ3) is 2.54. The topological polar surface area (TPSA) is 29.3 Å². The van der Waals surface area contributed by atoms with E-state index in [-0.39, 0.29) is 0 Å². The van der Waals surface area contributed by atoms with Gasteiger partial charge < -0.3 is 5.73 Å². The molecule has 2 heteroatoms. The van der Waals surface area contributed by atoms with E-state index in [1.807, 2.05) is 6.07 Å². The first kappa shape index (κ1) is 12.0. The molecule has 0 amide bonds. The fourth-order valence-electron chi connectivity index (χ4n) is 3.82. The molecule has 1 aliphatic carbocycles. The highest BCUT2D eigenvalue weighted by molar-refractivity contribution is 5.40. The Kier molecular flexibility index (Phi) is 3.29. The Morgan fingerprint density at radius 3 is 2.72 bits per heavy atom. The van der Waals surface area contributed by atoms with Crippen molar-refractivity contribution in [2.45, 2.75) is 45.1 Å². The third-order valence-corrected chi connectivity index (χ3v) is 4.79. The Hall–Kier alpha value is -1.02. The van der Waals surface area contributed by atoms with E-state index >= 15 is 0 Å². The SMILES string of the molecule is Nc1cccc(CN2CCC3(CCCCC3)C2)c1. The Labute approximate surface area is 110 Å². The van der Waals surface area contributed by atoms with E-state index in [4.69, 9.17) is 5.73 Å². The lowest BCUT2D eigenvalue weighted by atomic mass is 9.73. The Morgan fingerprint density at radius 1 is 1.11 bits per heavy atom. The zero-order valence-electron chi connectivity index (χ0n) is 11.2. The first-order valence-electron chi connectivity index (χ1n) is 7.33. The molecule has 1 aromatic carbocycles. The highest BCUT2D eigenvalue weighted by atomic mass is 15.2. The third-order valence-electron chi connectivity index (χ3n) is 4.79. The fraction of sp³-hybridized carbons (Fsp3) is 0.625. The number of likely N-dealkylation sites (tertiary alicyclic amines) is 1. The number of benzene rings is 1. The van der Waals surface area contributed by atoms with Gasteiger partial charge in [-0.15, -0.1) is 0 Å². The molecule has 1 saturated carbocycles. The molecule has 1 aromatic rings. The number of hydrogen-bond acceptors (Lipinski definition) is 2. The number of nitrogens with zero attached hydrogens (tertiary/aromatic N) is 1. The van der Waals surface area contributed by atoms with Crippen LogP contribution >= 0.6 is 0 Å². The van der Waals surface area contributed by atoms with Crippen LogP contribution in [0.2, 0.25) is 0 Å². The van der Waals surface area contributed by atoms with Crippen LogP contribution in [0.25, 0.3) is 0 Å². The quantitative estimate of drug-likeness (QED) is 0.808. The lowest BCUT2D eigenvalue weighted by molar-refractivity contribution is 0.183. The molecule has 1 aliphatic heterocycles. The summed E-state index contributed by atoms with van der Waals surface area (Å²) in [6.45, 7) is 3.66. The number of nitrogens with two attached hydrogens (primary N) is 1. The minimum atomic E-state index is 0.665. The van der Waals surface area contributed by atoms with Crippen LogP contribution in [-0.4, -0.2) is 18.0 Å². The molecule has 2 fully saturated rings. The highest BCUT2D eigenvalue weighted by Gasteiger charge is 2.38. The molecule has 3 rings (SSSR count). The van der Waals surface area contributed by atoms with Gasteiger partial charge in [-0.25, -0.2) is 0 Å². The molecule has 0 bridgehead atoms. The number of nitrogen functional groups attached to an aromatic ring is 1. The average Bonchev–Trinajstić information content (AvgIpc) is 2.73. The largest absolute Gasteiger partial charge is 0.399 e. The van der Waals surface area contributed by atoms with Crippen molar-refractivity contribution in [3.05, 3.63) is 29.8 Å². The van der Waals surface area contributed by atoms with Crippen molar-refractivity contribution in [1.29, 1.82) is 0 Å². The summed E-state index contributed by atoms with van der Waals surface area (Å²) in [5, 5.41) is 0. The van der Waals surface area contributed by atoms with Crippen molar-refractivity contribution in [2.75, 3.05) is 18.8 Å². The van der Waals surface area contributed by atoms with E-state index in [0.29, 0.717) is 5.41 Å². The van der Waals surface area contributed by atoms with Crippen LogP contribution in [0.15, 0.2) is 24.3 Å². The summed E-state index contributed by atoms with van der Waals surface area (Å²) in [4.78, 5) is 2.63. The Balaban J connectivity index is 1.62. The zero-order chi connectivity index (χ0) is 12.4. The van der Waals surface area contributed by atoms with Gasteiger partial charge in [0.25, 0.3) is 0 Å². The van der Waals surface area contributed by atoms with Gasteiger partial charge in [-0.3, -0.25) is 4.90 Å². The van der Waals surface area contributed by atoms with E-state index in [2.05, 4.69) is 23.1 Å². The second kappa shape index (κ2) is 4.93. The first-order chi connectivity index (χ1) is 8.76. The minimum Gasteiger partial charge on any atom is -0.399 e. The number of rotatable bonds is 2. The van der Waals surface area contributed by atoms with Crippen LogP contribution in [0.5, 0.6) is 0 Å². The molecular formula is C16H24N2. The summed E-state index contributed by atoms with van der Waals surface area (Å²) in [5.74, 6) is 0. The van der Waals surface area contributed by atoms with Gasteiger partial charge in [0.1, 0.15) is 0 Å². The summed E-state index contributed by atoms with van der Waals surface area (Å²) in [6, 6.07) is 8.35. The predicted octanol–water partition coefficient (Wildman–Crippen LogP) is 3.43. The Bertz CT molecular complexity index is 407. The maximum absolute atomic E-state index is 5.85. The van der Waals surface area contributed by atoms with Crippen LogP contribution < -0.4 is 5.73 Å². The summed E-state index contributed by atoms with van der Waals surface area (Å²) in [6.07, 6.45) is 8.69. The number of hydrogen-bond donors (Lipinski definition) is 1. The van der Waals surface area contributed by atoms with Crippen molar-refractivity contribution >= 4 is 5.69 Å². The molecule has 1 heterocycles. The van der Waals surface area contributed by atoms with Crippen LogP contribution in [0, 0.1) is 5.41 Å².